The number of imidazole rings is 1. The Morgan fingerprint density at radius 1 is 1.39 bits per heavy atom. The molecule has 2 heterocycles. The molecule has 3 aromatic rings. The number of rotatable bonds is 4. The molecule has 0 radical (unpaired) electrons. The number of ether oxygens (including phenoxy) is 1. The minimum absolute atomic E-state index is 0.364. The highest BCUT2D eigenvalue weighted by Crippen LogP contribution is 2.34. The zero-order valence-corrected chi connectivity index (χ0v) is 13.2. The number of nitrogens with zero attached hydrogens (tertiary/aromatic N) is 4. The molecule has 0 atom stereocenters. The Hall–Kier alpha value is -2.91. The molecule has 0 saturated carbocycles. The number of hydrogen-bond donors (Lipinski definition) is 1. The number of nitrogen functional groups attached to an aromatic ring is 1. The highest BCUT2D eigenvalue weighted by molar-refractivity contribution is 6.32. The Morgan fingerprint density at radius 2 is 2.17 bits per heavy atom. The molecule has 0 bridgehead atoms. The highest BCUT2D eigenvalue weighted by Gasteiger charge is 2.18. The Kier molecular flexibility index (Phi) is 3.96. The quantitative estimate of drug-likeness (QED) is 0.798. The van der Waals surface area contributed by atoms with Crippen molar-refractivity contribution in [3.63, 3.8) is 0 Å². The fourth-order valence-electron chi connectivity index (χ4n) is 2.24. The lowest BCUT2D eigenvalue weighted by Gasteiger charge is -2.13. The van der Waals surface area contributed by atoms with E-state index in [4.69, 9.17) is 22.1 Å². The van der Waals surface area contributed by atoms with E-state index in [0.29, 0.717) is 34.6 Å². The Morgan fingerprint density at radius 3 is 2.83 bits per heavy atom. The number of nitrogens with two attached hydrogens (primary N) is 1. The lowest BCUT2D eigenvalue weighted by atomic mass is 10.3. The van der Waals surface area contributed by atoms with E-state index in [1.807, 2.05) is 29.9 Å². The van der Waals surface area contributed by atoms with Crippen LogP contribution in [-0.2, 0) is 13.6 Å². The highest BCUT2D eigenvalue weighted by atomic mass is 35.5. The average Bonchev–Trinajstić information content (AvgIpc) is 3.07. The molecule has 3 rings (SSSR count). The van der Waals surface area contributed by atoms with Crippen LogP contribution in [0.5, 0.6) is 11.6 Å². The normalized spacial score (nSPS) is 10.5. The molecule has 0 aliphatic carbocycles. The van der Waals surface area contributed by atoms with Crippen LogP contribution in [0.25, 0.3) is 0 Å². The molecule has 0 aliphatic heterocycles. The number of aryl methyl sites for hydroxylation is 1. The summed E-state index contributed by atoms with van der Waals surface area (Å²) in [6, 6.07) is 10.8. The van der Waals surface area contributed by atoms with Crippen molar-refractivity contribution >= 4 is 17.3 Å². The molecule has 2 N–H and O–H groups in total. The van der Waals surface area contributed by atoms with Gasteiger partial charge in [-0.1, -0.05) is 23.7 Å². The Balaban J connectivity index is 2.03. The van der Waals surface area contributed by atoms with Crippen molar-refractivity contribution in [2.45, 2.75) is 6.54 Å². The molecule has 0 spiro atoms. The summed E-state index contributed by atoms with van der Waals surface area (Å²) in [5.41, 5.74) is 6.78. The van der Waals surface area contributed by atoms with Gasteiger partial charge < -0.3 is 15.0 Å². The van der Waals surface area contributed by atoms with E-state index in [-0.39, 0.29) is 0 Å². The second-order valence-corrected chi connectivity index (χ2v) is 5.38. The average molecular weight is 328 g/mol. The van der Waals surface area contributed by atoms with Gasteiger partial charge in [0.1, 0.15) is 23.3 Å². The van der Waals surface area contributed by atoms with Gasteiger partial charge in [-0.15, -0.1) is 0 Å². The van der Waals surface area contributed by atoms with Gasteiger partial charge in [0.05, 0.1) is 17.3 Å². The first-order valence-corrected chi connectivity index (χ1v) is 7.25. The fourth-order valence-corrected chi connectivity index (χ4v) is 2.41. The number of anilines is 1. The number of aromatic nitrogens is 3. The number of para-hydroxylation sites is 1. The summed E-state index contributed by atoms with van der Waals surface area (Å²) in [7, 11) is 1.88. The summed E-state index contributed by atoms with van der Waals surface area (Å²) in [4.78, 5) is 4.27. The molecule has 2 aromatic heterocycles. The minimum Gasteiger partial charge on any atom is -0.437 e. The van der Waals surface area contributed by atoms with Crippen LogP contribution in [0.3, 0.4) is 0 Å². The van der Waals surface area contributed by atoms with Gasteiger partial charge >= 0.3 is 0 Å². The molecule has 1 aromatic carbocycles. The molecule has 7 heteroatoms. The molecule has 23 heavy (non-hydrogen) atoms. The van der Waals surface area contributed by atoms with Gasteiger partial charge in [0, 0.05) is 25.5 Å². The van der Waals surface area contributed by atoms with E-state index >= 15 is 0 Å². The van der Waals surface area contributed by atoms with E-state index in [1.54, 1.807) is 29.0 Å². The number of halogens is 1. The summed E-state index contributed by atoms with van der Waals surface area (Å²) in [6.45, 7) is 0.364. The van der Waals surface area contributed by atoms with E-state index < -0.39 is 0 Å². The van der Waals surface area contributed by atoms with Gasteiger partial charge in [0.2, 0.25) is 5.88 Å². The zero-order valence-electron chi connectivity index (χ0n) is 12.4. The monoisotopic (exact) mass is 327 g/mol. The molecular weight excluding hydrogens is 314 g/mol. The third kappa shape index (κ3) is 2.87. The molecule has 0 aliphatic rings. The van der Waals surface area contributed by atoms with Gasteiger partial charge in [0.15, 0.2) is 0 Å². The van der Waals surface area contributed by atoms with Gasteiger partial charge in [-0.2, -0.15) is 5.26 Å². The first kappa shape index (κ1) is 15.0. The molecule has 0 amide bonds. The van der Waals surface area contributed by atoms with E-state index in [9.17, 15) is 5.26 Å². The predicted octanol–water partition coefficient (Wildman–Crippen LogP) is 3.17. The summed E-state index contributed by atoms with van der Waals surface area (Å²) in [5, 5.41) is 9.81. The summed E-state index contributed by atoms with van der Waals surface area (Å²) >= 11 is 6.13. The fraction of sp³-hybridized carbons (Fsp3) is 0.125. The van der Waals surface area contributed by atoms with Gasteiger partial charge in [0.25, 0.3) is 0 Å². The Labute approximate surface area is 138 Å². The largest absolute Gasteiger partial charge is 0.437 e. The maximum Gasteiger partial charge on any atom is 0.224 e. The molecule has 0 saturated heterocycles. The van der Waals surface area contributed by atoms with Crippen LogP contribution in [0.15, 0.2) is 42.7 Å². The molecule has 6 nitrogen and oxygen atoms in total. The van der Waals surface area contributed by atoms with E-state index in [2.05, 4.69) is 11.1 Å². The van der Waals surface area contributed by atoms with Crippen molar-refractivity contribution in [2.75, 3.05) is 5.73 Å². The van der Waals surface area contributed by atoms with Crippen LogP contribution in [0.2, 0.25) is 5.02 Å². The standard InChI is InChI=1S/C16H14ClN5O/c1-21-7-6-20-15(21)10-22-11(9-18)8-13(19)16(22)23-14-5-3-2-4-12(14)17/h2-8H,10,19H2,1H3. The lowest BCUT2D eigenvalue weighted by Crippen LogP contribution is -2.09. The van der Waals surface area contributed by atoms with Crippen molar-refractivity contribution in [3.8, 4) is 17.7 Å². The van der Waals surface area contributed by atoms with Crippen molar-refractivity contribution in [1.82, 2.24) is 14.1 Å². The molecular formula is C16H14ClN5O. The number of hydrogen-bond acceptors (Lipinski definition) is 4. The lowest BCUT2D eigenvalue weighted by molar-refractivity contribution is 0.434. The maximum absolute atomic E-state index is 9.34. The van der Waals surface area contributed by atoms with E-state index in [1.165, 1.54) is 0 Å². The minimum atomic E-state index is 0.364. The van der Waals surface area contributed by atoms with Crippen LogP contribution >= 0.6 is 11.6 Å². The maximum atomic E-state index is 9.34. The van der Waals surface area contributed by atoms with Crippen LogP contribution in [0.1, 0.15) is 11.5 Å². The van der Waals surface area contributed by atoms with Crippen molar-refractivity contribution < 1.29 is 4.74 Å². The van der Waals surface area contributed by atoms with Crippen molar-refractivity contribution in [1.29, 1.82) is 5.26 Å². The smallest absolute Gasteiger partial charge is 0.224 e. The van der Waals surface area contributed by atoms with Crippen LogP contribution < -0.4 is 10.5 Å². The number of benzene rings is 1. The van der Waals surface area contributed by atoms with E-state index in [0.717, 1.165) is 5.82 Å². The molecule has 0 unspecified atom stereocenters. The SMILES string of the molecule is Cn1ccnc1Cn1c(C#N)cc(N)c1Oc1ccccc1Cl. The summed E-state index contributed by atoms with van der Waals surface area (Å²) in [5.74, 6) is 1.63. The van der Waals surface area contributed by atoms with Gasteiger partial charge in [-0.25, -0.2) is 4.98 Å². The Bertz CT molecular complexity index is 890. The van der Waals surface area contributed by atoms with Crippen LogP contribution in [0.4, 0.5) is 5.69 Å². The first-order valence-electron chi connectivity index (χ1n) is 6.88. The molecule has 0 fully saturated rings. The predicted molar refractivity (Wildman–Crippen MR) is 87.4 cm³/mol. The van der Waals surface area contributed by atoms with Gasteiger partial charge in [-0.3, -0.25) is 4.57 Å². The number of nitriles is 1. The first-order chi connectivity index (χ1) is 11.1. The third-order valence-corrected chi connectivity index (χ3v) is 3.77. The second-order valence-electron chi connectivity index (χ2n) is 4.97. The molecule has 116 valence electrons. The van der Waals surface area contributed by atoms with Crippen molar-refractivity contribution in [3.05, 3.63) is 59.3 Å². The zero-order chi connectivity index (χ0) is 16.4. The topological polar surface area (TPSA) is 81.8 Å². The van der Waals surface area contributed by atoms with Crippen LogP contribution in [-0.4, -0.2) is 14.1 Å². The summed E-state index contributed by atoms with van der Waals surface area (Å²) < 4.78 is 9.41. The summed E-state index contributed by atoms with van der Waals surface area (Å²) in [6.07, 6.45) is 3.53. The van der Waals surface area contributed by atoms with Gasteiger partial charge in [-0.05, 0) is 12.1 Å². The van der Waals surface area contributed by atoms with Crippen molar-refractivity contribution in [2.24, 2.45) is 7.05 Å². The van der Waals surface area contributed by atoms with Crippen LogP contribution in [0, 0.1) is 11.3 Å². The second kappa shape index (κ2) is 6.07. The third-order valence-electron chi connectivity index (χ3n) is 3.45.